The molecule has 1 unspecified atom stereocenters. The molecule has 1 aromatic carbocycles. The zero-order valence-electron chi connectivity index (χ0n) is 10.6. The number of benzene rings is 1. The van der Waals surface area contributed by atoms with Gasteiger partial charge in [-0.15, -0.1) is 0 Å². The molecule has 0 radical (unpaired) electrons. The van der Waals surface area contributed by atoms with Crippen LogP contribution in [0.2, 0.25) is 0 Å². The standard InChI is InChI=1S/C13H16Br2N4/c1-2-4-19-5-3-17-13(19)12(18-16)9-6-10(14)8-11(15)7-9/h3,5-8,12,18H,2,4,16H2,1H3. The van der Waals surface area contributed by atoms with E-state index in [1.807, 2.05) is 30.6 Å². The van der Waals surface area contributed by atoms with Gasteiger partial charge in [-0.3, -0.25) is 5.84 Å². The lowest BCUT2D eigenvalue weighted by atomic mass is 10.1. The van der Waals surface area contributed by atoms with Crippen molar-refractivity contribution in [3.05, 3.63) is 50.9 Å². The van der Waals surface area contributed by atoms with E-state index in [-0.39, 0.29) is 6.04 Å². The summed E-state index contributed by atoms with van der Waals surface area (Å²) in [4.78, 5) is 4.43. The summed E-state index contributed by atoms with van der Waals surface area (Å²) < 4.78 is 4.13. The van der Waals surface area contributed by atoms with Crippen molar-refractivity contribution >= 4 is 31.9 Å². The molecule has 19 heavy (non-hydrogen) atoms. The summed E-state index contributed by atoms with van der Waals surface area (Å²) in [5.41, 5.74) is 3.91. The predicted octanol–water partition coefficient (Wildman–Crippen LogP) is 3.37. The number of halogens is 2. The number of hydrogen-bond donors (Lipinski definition) is 2. The van der Waals surface area contributed by atoms with Gasteiger partial charge in [0.2, 0.25) is 0 Å². The van der Waals surface area contributed by atoms with E-state index in [9.17, 15) is 0 Å². The molecule has 0 spiro atoms. The molecule has 0 aliphatic rings. The molecule has 0 saturated heterocycles. The normalized spacial score (nSPS) is 12.6. The van der Waals surface area contributed by atoms with Gasteiger partial charge < -0.3 is 4.57 Å². The molecule has 0 saturated carbocycles. The fourth-order valence-electron chi connectivity index (χ4n) is 2.07. The highest BCUT2D eigenvalue weighted by Gasteiger charge is 2.18. The quantitative estimate of drug-likeness (QED) is 0.610. The SMILES string of the molecule is CCCn1ccnc1C(NN)c1cc(Br)cc(Br)c1. The van der Waals surface area contributed by atoms with Crippen LogP contribution in [0.4, 0.5) is 0 Å². The summed E-state index contributed by atoms with van der Waals surface area (Å²) in [6, 6.07) is 5.95. The fraction of sp³-hybridized carbons (Fsp3) is 0.308. The number of imidazole rings is 1. The number of aryl methyl sites for hydroxylation is 1. The summed E-state index contributed by atoms with van der Waals surface area (Å²) in [5.74, 6) is 6.65. The van der Waals surface area contributed by atoms with Crippen LogP contribution in [0.1, 0.15) is 30.8 Å². The Morgan fingerprint density at radius 3 is 2.58 bits per heavy atom. The molecule has 102 valence electrons. The van der Waals surface area contributed by atoms with Gasteiger partial charge in [0.15, 0.2) is 0 Å². The van der Waals surface area contributed by atoms with Crippen LogP contribution < -0.4 is 11.3 Å². The van der Waals surface area contributed by atoms with Gasteiger partial charge in [-0.25, -0.2) is 10.4 Å². The van der Waals surface area contributed by atoms with Gasteiger partial charge in [-0.05, 0) is 30.2 Å². The summed E-state index contributed by atoms with van der Waals surface area (Å²) >= 11 is 6.99. The van der Waals surface area contributed by atoms with Gasteiger partial charge in [-0.2, -0.15) is 0 Å². The highest BCUT2D eigenvalue weighted by Crippen LogP contribution is 2.27. The number of rotatable bonds is 5. The molecule has 1 aromatic heterocycles. The number of hydrazine groups is 1. The van der Waals surface area contributed by atoms with E-state index in [2.05, 4.69) is 53.8 Å². The van der Waals surface area contributed by atoms with Crippen LogP contribution in [0.3, 0.4) is 0 Å². The number of hydrogen-bond acceptors (Lipinski definition) is 3. The smallest absolute Gasteiger partial charge is 0.131 e. The van der Waals surface area contributed by atoms with E-state index >= 15 is 0 Å². The molecule has 6 heteroatoms. The first-order chi connectivity index (χ1) is 9.15. The van der Waals surface area contributed by atoms with Crippen molar-refractivity contribution in [1.29, 1.82) is 0 Å². The number of nitrogens with zero attached hydrogens (tertiary/aromatic N) is 2. The molecule has 0 amide bonds. The lowest BCUT2D eigenvalue weighted by Crippen LogP contribution is -2.31. The van der Waals surface area contributed by atoms with E-state index in [1.54, 1.807) is 0 Å². The van der Waals surface area contributed by atoms with E-state index in [0.717, 1.165) is 33.3 Å². The second-order valence-electron chi connectivity index (χ2n) is 4.28. The molecular formula is C13H16Br2N4. The molecule has 4 nitrogen and oxygen atoms in total. The van der Waals surface area contributed by atoms with E-state index < -0.39 is 0 Å². The summed E-state index contributed by atoms with van der Waals surface area (Å²) in [6.07, 6.45) is 4.85. The predicted molar refractivity (Wildman–Crippen MR) is 83.5 cm³/mol. The summed E-state index contributed by atoms with van der Waals surface area (Å²) in [5, 5.41) is 0. The molecule has 0 aliphatic heterocycles. The average Bonchev–Trinajstić information content (AvgIpc) is 2.78. The molecule has 1 heterocycles. The van der Waals surface area contributed by atoms with Crippen molar-refractivity contribution in [1.82, 2.24) is 15.0 Å². The maximum absolute atomic E-state index is 5.73. The van der Waals surface area contributed by atoms with E-state index in [4.69, 9.17) is 5.84 Å². The monoisotopic (exact) mass is 386 g/mol. The zero-order chi connectivity index (χ0) is 13.8. The first-order valence-corrected chi connectivity index (χ1v) is 7.67. The van der Waals surface area contributed by atoms with Crippen molar-refractivity contribution < 1.29 is 0 Å². The third kappa shape index (κ3) is 3.45. The third-order valence-electron chi connectivity index (χ3n) is 2.86. The molecule has 0 bridgehead atoms. The zero-order valence-corrected chi connectivity index (χ0v) is 13.8. The van der Waals surface area contributed by atoms with Gasteiger partial charge in [0.1, 0.15) is 11.9 Å². The van der Waals surface area contributed by atoms with Crippen molar-refractivity contribution in [3.63, 3.8) is 0 Å². The lowest BCUT2D eigenvalue weighted by Gasteiger charge is -2.18. The second kappa shape index (κ2) is 6.65. The Morgan fingerprint density at radius 1 is 1.32 bits per heavy atom. The average molecular weight is 388 g/mol. The molecule has 0 fully saturated rings. The van der Waals surface area contributed by atoms with Crippen LogP contribution in [0.25, 0.3) is 0 Å². The van der Waals surface area contributed by atoms with Gasteiger partial charge >= 0.3 is 0 Å². The minimum absolute atomic E-state index is 0.129. The van der Waals surface area contributed by atoms with Crippen molar-refractivity contribution in [3.8, 4) is 0 Å². The molecule has 2 aromatic rings. The van der Waals surface area contributed by atoms with Crippen molar-refractivity contribution in [2.75, 3.05) is 0 Å². The minimum Gasteiger partial charge on any atom is -0.333 e. The van der Waals surface area contributed by atoms with Gasteiger partial charge in [0.25, 0.3) is 0 Å². The molecule has 0 aliphatic carbocycles. The van der Waals surface area contributed by atoms with Crippen LogP contribution >= 0.6 is 31.9 Å². The Kier molecular flexibility index (Phi) is 5.15. The summed E-state index contributed by atoms with van der Waals surface area (Å²) in [6.45, 7) is 3.08. The topological polar surface area (TPSA) is 55.9 Å². The van der Waals surface area contributed by atoms with Crippen molar-refractivity contribution in [2.45, 2.75) is 25.9 Å². The van der Waals surface area contributed by atoms with Gasteiger partial charge in [0, 0.05) is 27.9 Å². The highest BCUT2D eigenvalue weighted by molar-refractivity contribution is 9.11. The Balaban J connectivity index is 2.40. The second-order valence-corrected chi connectivity index (χ2v) is 6.11. The first kappa shape index (κ1) is 14.7. The van der Waals surface area contributed by atoms with Gasteiger partial charge in [-0.1, -0.05) is 38.8 Å². The summed E-state index contributed by atoms with van der Waals surface area (Å²) in [7, 11) is 0. The largest absolute Gasteiger partial charge is 0.333 e. The molecular weight excluding hydrogens is 372 g/mol. The van der Waals surface area contributed by atoms with Crippen LogP contribution in [0.15, 0.2) is 39.5 Å². The Morgan fingerprint density at radius 2 is 2.00 bits per heavy atom. The number of nitrogens with two attached hydrogens (primary N) is 1. The van der Waals surface area contributed by atoms with Crippen LogP contribution in [0.5, 0.6) is 0 Å². The first-order valence-electron chi connectivity index (χ1n) is 6.08. The maximum atomic E-state index is 5.73. The Bertz CT molecular complexity index is 533. The highest BCUT2D eigenvalue weighted by atomic mass is 79.9. The molecule has 1 atom stereocenters. The number of aromatic nitrogens is 2. The molecule has 2 rings (SSSR count). The van der Waals surface area contributed by atoms with Crippen molar-refractivity contribution in [2.24, 2.45) is 5.84 Å². The Hall–Kier alpha value is -0.690. The lowest BCUT2D eigenvalue weighted by molar-refractivity contribution is 0.545. The van der Waals surface area contributed by atoms with Gasteiger partial charge in [0.05, 0.1) is 0 Å². The third-order valence-corrected chi connectivity index (χ3v) is 3.77. The van der Waals surface area contributed by atoms with Crippen LogP contribution in [-0.4, -0.2) is 9.55 Å². The minimum atomic E-state index is -0.129. The maximum Gasteiger partial charge on any atom is 0.131 e. The van der Waals surface area contributed by atoms with Crippen LogP contribution in [-0.2, 0) is 6.54 Å². The Labute approximate surface area is 129 Å². The van der Waals surface area contributed by atoms with E-state index in [0.29, 0.717) is 0 Å². The van der Waals surface area contributed by atoms with Crippen LogP contribution in [0, 0.1) is 0 Å². The molecule has 3 N–H and O–H groups in total. The van der Waals surface area contributed by atoms with E-state index in [1.165, 1.54) is 0 Å². The number of nitrogens with one attached hydrogen (secondary N) is 1. The fourth-order valence-corrected chi connectivity index (χ4v) is 3.40.